The molecule has 0 saturated carbocycles. The number of benzene rings is 2. The Balaban J connectivity index is 2.03. The number of hydrogen-bond donors (Lipinski definition) is 0. The molecule has 2 nitrogen and oxygen atoms in total. The van der Waals surface area contributed by atoms with Crippen LogP contribution in [0.25, 0.3) is 0 Å². The number of carbonyl (C=O) groups excluding carboxylic acids is 1. The minimum absolute atomic E-state index is 0.308. The van der Waals surface area contributed by atoms with Gasteiger partial charge in [0.1, 0.15) is 5.75 Å². The first-order valence-electron chi connectivity index (χ1n) is 7.13. The fourth-order valence-corrected chi connectivity index (χ4v) is 2.06. The summed E-state index contributed by atoms with van der Waals surface area (Å²) >= 11 is 0. The molecule has 0 bridgehead atoms. The van der Waals surface area contributed by atoms with E-state index in [1.165, 1.54) is 11.1 Å². The standard InChI is InChI=1S/C18H20O2/c1-3-5-15-6-10-16(11-7-15)18(19)20-17-12-8-14(4-2)9-13-17/h6-13H,3-5H2,1-2H3. The molecular weight excluding hydrogens is 248 g/mol. The number of carbonyl (C=O) groups is 1. The molecule has 0 amide bonds. The predicted molar refractivity (Wildman–Crippen MR) is 81.2 cm³/mol. The van der Waals surface area contributed by atoms with Gasteiger partial charge in [0, 0.05) is 0 Å². The molecule has 0 atom stereocenters. The highest BCUT2D eigenvalue weighted by Crippen LogP contribution is 2.15. The molecule has 0 aliphatic heterocycles. The van der Waals surface area contributed by atoms with Crippen LogP contribution in [-0.2, 0) is 12.8 Å². The molecule has 0 spiro atoms. The summed E-state index contributed by atoms with van der Waals surface area (Å²) in [6.07, 6.45) is 3.12. The van der Waals surface area contributed by atoms with Crippen molar-refractivity contribution in [2.75, 3.05) is 0 Å². The fraction of sp³-hybridized carbons (Fsp3) is 0.278. The summed E-state index contributed by atoms with van der Waals surface area (Å²) in [7, 11) is 0. The summed E-state index contributed by atoms with van der Waals surface area (Å²) in [6.45, 7) is 4.24. The Morgan fingerprint density at radius 2 is 1.50 bits per heavy atom. The molecule has 2 heteroatoms. The Labute approximate surface area is 120 Å². The molecule has 2 aromatic carbocycles. The normalized spacial score (nSPS) is 10.3. The van der Waals surface area contributed by atoms with Crippen LogP contribution in [0.5, 0.6) is 5.75 Å². The van der Waals surface area contributed by atoms with E-state index in [0.29, 0.717) is 11.3 Å². The first-order valence-corrected chi connectivity index (χ1v) is 7.13. The zero-order valence-electron chi connectivity index (χ0n) is 12.1. The lowest BCUT2D eigenvalue weighted by molar-refractivity contribution is 0.0734. The summed E-state index contributed by atoms with van der Waals surface area (Å²) in [5.74, 6) is 0.280. The van der Waals surface area contributed by atoms with Gasteiger partial charge < -0.3 is 4.74 Å². The average molecular weight is 268 g/mol. The van der Waals surface area contributed by atoms with Gasteiger partial charge in [-0.1, -0.05) is 44.5 Å². The van der Waals surface area contributed by atoms with E-state index >= 15 is 0 Å². The van der Waals surface area contributed by atoms with Crippen LogP contribution in [0.3, 0.4) is 0 Å². The quantitative estimate of drug-likeness (QED) is 0.592. The first-order chi connectivity index (χ1) is 9.72. The van der Waals surface area contributed by atoms with Gasteiger partial charge in [-0.15, -0.1) is 0 Å². The second-order valence-electron chi connectivity index (χ2n) is 4.83. The molecule has 0 radical (unpaired) electrons. The van der Waals surface area contributed by atoms with Gasteiger partial charge in [0.15, 0.2) is 0 Å². The van der Waals surface area contributed by atoms with E-state index in [1.807, 2.05) is 48.5 Å². The van der Waals surface area contributed by atoms with Gasteiger partial charge in [0.2, 0.25) is 0 Å². The molecule has 0 aliphatic rings. The van der Waals surface area contributed by atoms with Crippen molar-refractivity contribution >= 4 is 5.97 Å². The Morgan fingerprint density at radius 1 is 0.900 bits per heavy atom. The zero-order chi connectivity index (χ0) is 14.4. The van der Waals surface area contributed by atoms with Crippen molar-refractivity contribution < 1.29 is 9.53 Å². The minimum Gasteiger partial charge on any atom is -0.423 e. The minimum atomic E-state index is -0.308. The van der Waals surface area contributed by atoms with E-state index in [0.717, 1.165) is 19.3 Å². The second-order valence-corrected chi connectivity index (χ2v) is 4.83. The van der Waals surface area contributed by atoms with Crippen LogP contribution in [0.2, 0.25) is 0 Å². The second kappa shape index (κ2) is 6.90. The lowest BCUT2D eigenvalue weighted by atomic mass is 10.1. The van der Waals surface area contributed by atoms with Crippen LogP contribution < -0.4 is 4.74 Å². The maximum absolute atomic E-state index is 12.0. The smallest absolute Gasteiger partial charge is 0.343 e. The van der Waals surface area contributed by atoms with E-state index in [2.05, 4.69) is 13.8 Å². The maximum Gasteiger partial charge on any atom is 0.343 e. The van der Waals surface area contributed by atoms with Crippen molar-refractivity contribution in [3.63, 3.8) is 0 Å². The van der Waals surface area contributed by atoms with E-state index in [4.69, 9.17) is 4.74 Å². The molecule has 0 saturated heterocycles. The van der Waals surface area contributed by atoms with Crippen molar-refractivity contribution in [3.05, 3.63) is 65.2 Å². The van der Waals surface area contributed by atoms with E-state index in [1.54, 1.807) is 0 Å². The van der Waals surface area contributed by atoms with Crippen molar-refractivity contribution in [2.45, 2.75) is 33.1 Å². The van der Waals surface area contributed by atoms with Gasteiger partial charge in [-0.25, -0.2) is 4.79 Å². The summed E-state index contributed by atoms with van der Waals surface area (Å²) in [5.41, 5.74) is 3.06. The van der Waals surface area contributed by atoms with Crippen LogP contribution in [-0.4, -0.2) is 5.97 Å². The molecule has 0 N–H and O–H groups in total. The zero-order valence-corrected chi connectivity index (χ0v) is 12.1. The lowest BCUT2D eigenvalue weighted by Crippen LogP contribution is -2.08. The summed E-state index contributed by atoms with van der Waals surface area (Å²) in [4.78, 5) is 12.0. The van der Waals surface area contributed by atoms with Crippen LogP contribution >= 0.6 is 0 Å². The topological polar surface area (TPSA) is 26.3 Å². The number of rotatable bonds is 5. The molecule has 0 unspecified atom stereocenters. The molecule has 104 valence electrons. The molecule has 0 heterocycles. The van der Waals surface area contributed by atoms with E-state index in [-0.39, 0.29) is 5.97 Å². The van der Waals surface area contributed by atoms with Crippen LogP contribution in [0.15, 0.2) is 48.5 Å². The molecule has 2 aromatic rings. The van der Waals surface area contributed by atoms with Crippen LogP contribution in [0, 0.1) is 0 Å². The van der Waals surface area contributed by atoms with Crippen molar-refractivity contribution in [1.29, 1.82) is 0 Å². The van der Waals surface area contributed by atoms with Crippen molar-refractivity contribution in [1.82, 2.24) is 0 Å². The SMILES string of the molecule is CCCc1ccc(C(=O)Oc2ccc(CC)cc2)cc1. The highest BCUT2D eigenvalue weighted by atomic mass is 16.5. The first kappa shape index (κ1) is 14.3. The Kier molecular flexibility index (Phi) is 4.94. The van der Waals surface area contributed by atoms with Crippen LogP contribution in [0.1, 0.15) is 41.8 Å². The summed E-state index contributed by atoms with van der Waals surface area (Å²) in [5, 5.41) is 0. The molecule has 0 aliphatic carbocycles. The molecule has 0 aromatic heterocycles. The van der Waals surface area contributed by atoms with Gasteiger partial charge in [0.05, 0.1) is 5.56 Å². The molecular formula is C18H20O2. The van der Waals surface area contributed by atoms with Crippen molar-refractivity contribution in [2.24, 2.45) is 0 Å². The molecule has 0 fully saturated rings. The molecule has 20 heavy (non-hydrogen) atoms. The third kappa shape index (κ3) is 3.70. The number of hydrogen-bond acceptors (Lipinski definition) is 2. The Hall–Kier alpha value is -2.09. The highest BCUT2D eigenvalue weighted by molar-refractivity contribution is 5.91. The van der Waals surface area contributed by atoms with Gasteiger partial charge >= 0.3 is 5.97 Å². The summed E-state index contributed by atoms with van der Waals surface area (Å²) in [6, 6.07) is 15.3. The van der Waals surface area contributed by atoms with Gasteiger partial charge in [-0.05, 0) is 48.2 Å². The molecule has 2 rings (SSSR count). The Bertz CT molecular complexity index is 553. The fourth-order valence-electron chi connectivity index (χ4n) is 2.06. The van der Waals surface area contributed by atoms with Gasteiger partial charge in [-0.3, -0.25) is 0 Å². The summed E-state index contributed by atoms with van der Waals surface area (Å²) < 4.78 is 5.36. The lowest BCUT2D eigenvalue weighted by Gasteiger charge is -2.06. The number of aryl methyl sites for hydroxylation is 2. The third-order valence-corrected chi connectivity index (χ3v) is 3.27. The van der Waals surface area contributed by atoms with Crippen molar-refractivity contribution in [3.8, 4) is 5.75 Å². The third-order valence-electron chi connectivity index (χ3n) is 3.27. The number of ether oxygens (including phenoxy) is 1. The largest absolute Gasteiger partial charge is 0.423 e. The van der Waals surface area contributed by atoms with E-state index < -0.39 is 0 Å². The monoisotopic (exact) mass is 268 g/mol. The average Bonchev–Trinajstić information content (AvgIpc) is 2.49. The predicted octanol–water partition coefficient (Wildman–Crippen LogP) is 4.42. The van der Waals surface area contributed by atoms with Gasteiger partial charge in [0.25, 0.3) is 0 Å². The Morgan fingerprint density at radius 3 is 2.05 bits per heavy atom. The van der Waals surface area contributed by atoms with Crippen LogP contribution in [0.4, 0.5) is 0 Å². The number of esters is 1. The van der Waals surface area contributed by atoms with Gasteiger partial charge in [-0.2, -0.15) is 0 Å². The highest BCUT2D eigenvalue weighted by Gasteiger charge is 2.08. The maximum atomic E-state index is 12.0. The van der Waals surface area contributed by atoms with E-state index in [9.17, 15) is 4.79 Å².